The van der Waals surface area contributed by atoms with Gasteiger partial charge in [0, 0.05) is 32.4 Å². The molecule has 1 N–H and O–H groups in total. The van der Waals surface area contributed by atoms with Crippen LogP contribution in [0.1, 0.15) is 19.4 Å². The van der Waals surface area contributed by atoms with Crippen molar-refractivity contribution in [2.24, 2.45) is 0 Å². The molecule has 0 heterocycles. The van der Waals surface area contributed by atoms with E-state index in [0.717, 1.165) is 16.6 Å². The topological polar surface area (TPSA) is 12.0 Å². The largest absolute Gasteiger partial charge is 0.310 e. The molecule has 0 aliphatic carbocycles. The Morgan fingerprint density at radius 3 is 2.30 bits per heavy atom. The third kappa shape index (κ3) is 4.71. The molecule has 0 unspecified atom stereocenters. The van der Waals surface area contributed by atoms with Gasteiger partial charge in [0.2, 0.25) is 0 Å². The standard InChI is InChI=1S/C16H17Cl2NS/c1-11(2)19-10-12-9-14(18)5-8-16(12)20-15-6-3-13(17)4-7-15/h3-9,11,19H,10H2,1-2H3. The van der Waals surface area contributed by atoms with E-state index in [1.165, 1.54) is 15.4 Å². The maximum Gasteiger partial charge on any atom is 0.0410 e. The molecule has 0 radical (unpaired) electrons. The molecule has 0 spiro atoms. The van der Waals surface area contributed by atoms with Crippen molar-refractivity contribution < 1.29 is 0 Å². The molecule has 0 fully saturated rings. The van der Waals surface area contributed by atoms with Crippen molar-refractivity contribution in [2.45, 2.75) is 36.2 Å². The fraction of sp³-hybridized carbons (Fsp3) is 0.250. The highest BCUT2D eigenvalue weighted by Crippen LogP contribution is 2.32. The maximum atomic E-state index is 6.10. The van der Waals surface area contributed by atoms with Gasteiger partial charge in [-0.15, -0.1) is 0 Å². The van der Waals surface area contributed by atoms with Crippen LogP contribution in [0.2, 0.25) is 10.0 Å². The van der Waals surface area contributed by atoms with E-state index in [1.54, 1.807) is 11.8 Å². The van der Waals surface area contributed by atoms with Crippen molar-refractivity contribution in [3.05, 3.63) is 58.1 Å². The van der Waals surface area contributed by atoms with E-state index in [-0.39, 0.29) is 0 Å². The first-order chi connectivity index (χ1) is 9.54. The number of nitrogens with one attached hydrogen (secondary N) is 1. The average molecular weight is 326 g/mol. The Hall–Kier alpha value is -0.670. The summed E-state index contributed by atoms with van der Waals surface area (Å²) in [5, 5.41) is 4.96. The van der Waals surface area contributed by atoms with E-state index in [4.69, 9.17) is 23.2 Å². The minimum absolute atomic E-state index is 0.447. The third-order valence-electron chi connectivity index (χ3n) is 2.76. The summed E-state index contributed by atoms with van der Waals surface area (Å²) in [5.74, 6) is 0. The molecule has 0 amide bonds. The van der Waals surface area contributed by atoms with Gasteiger partial charge in [-0.2, -0.15) is 0 Å². The zero-order valence-corrected chi connectivity index (χ0v) is 13.8. The number of hydrogen-bond acceptors (Lipinski definition) is 2. The Kier molecular flexibility index (Phi) is 5.79. The van der Waals surface area contributed by atoms with Gasteiger partial charge in [-0.25, -0.2) is 0 Å². The zero-order chi connectivity index (χ0) is 14.5. The van der Waals surface area contributed by atoms with Crippen LogP contribution in [0.5, 0.6) is 0 Å². The van der Waals surface area contributed by atoms with Crippen LogP contribution >= 0.6 is 35.0 Å². The lowest BCUT2D eigenvalue weighted by Gasteiger charge is -2.13. The molecule has 2 aromatic carbocycles. The first kappa shape index (κ1) is 15.7. The SMILES string of the molecule is CC(C)NCc1cc(Cl)ccc1Sc1ccc(Cl)cc1. The lowest BCUT2D eigenvalue weighted by atomic mass is 10.2. The van der Waals surface area contributed by atoms with E-state index < -0.39 is 0 Å². The molecule has 0 bridgehead atoms. The van der Waals surface area contributed by atoms with E-state index in [9.17, 15) is 0 Å². The summed E-state index contributed by atoms with van der Waals surface area (Å²) >= 11 is 13.7. The van der Waals surface area contributed by atoms with Gasteiger partial charge in [-0.3, -0.25) is 0 Å². The molecule has 0 aliphatic heterocycles. The van der Waals surface area contributed by atoms with Gasteiger partial charge < -0.3 is 5.32 Å². The third-order valence-corrected chi connectivity index (χ3v) is 4.38. The zero-order valence-electron chi connectivity index (χ0n) is 11.5. The molecule has 106 valence electrons. The summed E-state index contributed by atoms with van der Waals surface area (Å²) in [7, 11) is 0. The van der Waals surface area contributed by atoms with Gasteiger partial charge in [0.05, 0.1) is 0 Å². The van der Waals surface area contributed by atoms with Crippen molar-refractivity contribution in [2.75, 3.05) is 0 Å². The smallest absolute Gasteiger partial charge is 0.0410 e. The normalized spacial score (nSPS) is 11.1. The molecule has 20 heavy (non-hydrogen) atoms. The minimum atomic E-state index is 0.447. The van der Waals surface area contributed by atoms with Crippen LogP contribution < -0.4 is 5.32 Å². The average Bonchev–Trinajstić information content (AvgIpc) is 2.41. The number of benzene rings is 2. The molecule has 2 rings (SSSR count). The van der Waals surface area contributed by atoms with E-state index in [1.807, 2.05) is 36.4 Å². The van der Waals surface area contributed by atoms with Crippen LogP contribution in [0.15, 0.2) is 52.3 Å². The van der Waals surface area contributed by atoms with Crippen LogP contribution in [-0.2, 0) is 6.54 Å². The maximum absolute atomic E-state index is 6.10. The van der Waals surface area contributed by atoms with Crippen LogP contribution in [-0.4, -0.2) is 6.04 Å². The summed E-state index contributed by atoms with van der Waals surface area (Å²) in [6, 6.07) is 14.3. The highest BCUT2D eigenvalue weighted by molar-refractivity contribution is 7.99. The van der Waals surface area contributed by atoms with Gasteiger partial charge in [-0.05, 0) is 48.0 Å². The molecular weight excluding hydrogens is 309 g/mol. The molecule has 2 aromatic rings. The summed E-state index contributed by atoms with van der Waals surface area (Å²) in [5.41, 5.74) is 1.21. The number of halogens is 2. The monoisotopic (exact) mass is 325 g/mol. The number of hydrogen-bond donors (Lipinski definition) is 1. The Morgan fingerprint density at radius 2 is 1.65 bits per heavy atom. The van der Waals surface area contributed by atoms with Crippen molar-refractivity contribution in [3.8, 4) is 0 Å². The molecule has 0 aliphatic rings. The van der Waals surface area contributed by atoms with E-state index >= 15 is 0 Å². The molecule has 0 aromatic heterocycles. The van der Waals surface area contributed by atoms with Crippen LogP contribution in [0.4, 0.5) is 0 Å². The first-order valence-corrected chi connectivity index (χ1v) is 8.07. The predicted octanol–water partition coefficient (Wildman–Crippen LogP) is 5.64. The van der Waals surface area contributed by atoms with Crippen molar-refractivity contribution in [1.29, 1.82) is 0 Å². The fourth-order valence-corrected chi connectivity index (χ4v) is 2.97. The van der Waals surface area contributed by atoms with Gasteiger partial charge in [0.1, 0.15) is 0 Å². The first-order valence-electron chi connectivity index (χ1n) is 6.50. The highest BCUT2D eigenvalue weighted by atomic mass is 35.5. The van der Waals surface area contributed by atoms with Crippen LogP contribution in [0, 0.1) is 0 Å². The summed E-state index contributed by atoms with van der Waals surface area (Å²) in [4.78, 5) is 2.38. The van der Waals surface area contributed by atoms with Crippen LogP contribution in [0.25, 0.3) is 0 Å². The molecule has 0 saturated carbocycles. The molecule has 4 heteroatoms. The summed E-state index contributed by atoms with van der Waals surface area (Å²) < 4.78 is 0. The van der Waals surface area contributed by atoms with Crippen molar-refractivity contribution >= 4 is 35.0 Å². The lowest BCUT2D eigenvalue weighted by molar-refractivity contribution is 0.585. The Labute approximate surface area is 134 Å². The Balaban J connectivity index is 2.19. The second-order valence-corrected chi connectivity index (χ2v) is 6.83. The molecule has 0 atom stereocenters. The van der Waals surface area contributed by atoms with Crippen molar-refractivity contribution in [3.63, 3.8) is 0 Å². The summed E-state index contributed by atoms with van der Waals surface area (Å²) in [6.45, 7) is 5.08. The molecular formula is C16H17Cl2NS. The Bertz CT molecular complexity index is 567. The van der Waals surface area contributed by atoms with E-state index in [2.05, 4.69) is 25.2 Å². The van der Waals surface area contributed by atoms with Crippen molar-refractivity contribution in [1.82, 2.24) is 5.32 Å². The van der Waals surface area contributed by atoms with Crippen LogP contribution in [0.3, 0.4) is 0 Å². The second-order valence-electron chi connectivity index (χ2n) is 4.84. The van der Waals surface area contributed by atoms with Gasteiger partial charge in [0.15, 0.2) is 0 Å². The molecule has 1 nitrogen and oxygen atoms in total. The summed E-state index contributed by atoms with van der Waals surface area (Å²) in [6.07, 6.45) is 0. The molecule has 0 saturated heterocycles. The highest BCUT2D eigenvalue weighted by Gasteiger charge is 2.06. The number of rotatable bonds is 5. The van der Waals surface area contributed by atoms with Gasteiger partial charge in [-0.1, -0.05) is 48.8 Å². The lowest BCUT2D eigenvalue weighted by Crippen LogP contribution is -2.22. The fourth-order valence-electron chi connectivity index (χ4n) is 1.73. The predicted molar refractivity (Wildman–Crippen MR) is 89.0 cm³/mol. The van der Waals surface area contributed by atoms with Gasteiger partial charge >= 0.3 is 0 Å². The quantitative estimate of drug-likeness (QED) is 0.763. The minimum Gasteiger partial charge on any atom is -0.310 e. The second kappa shape index (κ2) is 7.37. The van der Waals surface area contributed by atoms with E-state index in [0.29, 0.717) is 6.04 Å². The Morgan fingerprint density at radius 1 is 1.00 bits per heavy atom. The van der Waals surface area contributed by atoms with Gasteiger partial charge in [0.25, 0.3) is 0 Å².